The maximum atomic E-state index is 14.0. The number of benzene rings is 1. The van der Waals surface area contributed by atoms with Crippen LogP contribution in [-0.4, -0.2) is 22.9 Å². The van der Waals surface area contributed by atoms with E-state index in [0.29, 0.717) is 33.2 Å². The molecule has 1 aromatic carbocycles. The van der Waals surface area contributed by atoms with Crippen molar-refractivity contribution in [2.24, 2.45) is 5.73 Å². The fourth-order valence-electron chi connectivity index (χ4n) is 2.02. The number of carboxylic acid groups (broad SMARTS) is 1. The van der Waals surface area contributed by atoms with E-state index in [4.69, 9.17) is 5.73 Å². The molecule has 1 atom stereocenters. The Morgan fingerprint density at radius 3 is 2.95 bits per heavy atom. The third-order valence-electron chi connectivity index (χ3n) is 3.04. The number of hydrogen-bond donors (Lipinski definition) is 2. The highest BCUT2D eigenvalue weighted by Gasteiger charge is 2.20. The van der Waals surface area contributed by atoms with Gasteiger partial charge in [0, 0.05) is 21.1 Å². The summed E-state index contributed by atoms with van der Waals surface area (Å²) in [5.74, 6) is -0.856. The van der Waals surface area contributed by atoms with Crippen molar-refractivity contribution in [3.8, 4) is 0 Å². The molecule has 20 heavy (non-hydrogen) atoms. The van der Waals surface area contributed by atoms with Crippen LogP contribution >= 0.6 is 23.1 Å². The van der Waals surface area contributed by atoms with Crippen LogP contribution in [0.25, 0.3) is 10.1 Å². The molecule has 0 saturated heterocycles. The summed E-state index contributed by atoms with van der Waals surface area (Å²) in [5.41, 5.74) is 6.09. The highest BCUT2D eigenvalue weighted by molar-refractivity contribution is 7.99. The Balaban J connectivity index is 2.38. The fraction of sp³-hybridized carbons (Fsp3) is 0.357. The van der Waals surface area contributed by atoms with Gasteiger partial charge in [-0.1, -0.05) is 13.0 Å². The molecule has 2 rings (SSSR count). The van der Waals surface area contributed by atoms with Crippen LogP contribution in [0.5, 0.6) is 0 Å². The molecule has 108 valence electrons. The predicted octanol–water partition coefficient (Wildman–Crippen LogP) is 3.71. The van der Waals surface area contributed by atoms with Crippen LogP contribution in [0.4, 0.5) is 4.39 Å². The van der Waals surface area contributed by atoms with Gasteiger partial charge in [-0.25, -0.2) is 9.18 Å². The van der Waals surface area contributed by atoms with E-state index >= 15 is 0 Å². The summed E-state index contributed by atoms with van der Waals surface area (Å²) in [5, 5.41) is 10.1. The average Bonchev–Trinajstić information content (AvgIpc) is 2.77. The second-order valence-electron chi connectivity index (χ2n) is 4.53. The van der Waals surface area contributed by atoms with E-state index in [0.717, 1.165) is 17.8 Å². The first-order valence-corrected chi connectivity index (χ1v) is 8.16. The first-order valence-electron chi connectivity index (χ1n) is 6.29. The molecule has 0 aliphatic rings. The van der Waals surface area contributed by atoms with E-state index in [1.807, 2.05) is 6.92 Å². The minimum absolute atomic E-state index is 0.234. The van der Waals surface area contributed by atoms with Crippen molar-refractivity contribution >= 4 is 39.2 Å². The Bertz CT molecular complexity index is 627. The van der Waals surface area contributed by atoms with Gasteiger partial charge in [0.1, 0.15) is 10.7 Å². The lowest BCUT2D eigenvalue weighted by molar-refractivity contribution is 0.0701. The first-order chi connectivity index (χ1) is 9.54. The summed E-state index contributed by atoms with van der Waals surface area (Å²) in [6.45, 7) is 2.64. The number of halogens is 1. The normalized spacial score (nSPS) is 12.8. The zero-order chi connectivity index (χ0) is 14.7. The summed E-state index contributed by atoms with van der Waals surface area (Å²) in [4.78, 5) is 11.6. The quantitative estimate of drug-likeness (QED) is 0.853. The van der Waals surface area contributed by atoms with Gasteiger partial charge in [-0.3, -0.25) is 0 Å². The number of fused-ring (bicyclic) bond motifs is 1. The number of thioether (sulfide) groups is 1. The van der Waals surface area contributed by atoms with Crippen molar-refractivity contribution in [2.45, 2.75) is 24.3 Å². The van der Waals surface area contributed by atoms with Gasteiger partial charge in [0.25, 0.3) is 0 Å². The zero-order valence-electron chi connectivity index (χ0n) is 11.1. The number of aromatic carboxylic acids is 1. The van der Waals surface area contributed by atoms with Gasteiger partial charge in [-0.05, 0) is 30.7 Å². The van der Waals surface area contributed by atoms with Gasteiger partial charge in [0.2, 0.25) is 0 Å². The molecule has 1 heterocycles. The molecule has 0 fully saturated rings. The van der Waals surface area contributed by atoms with Crippen molar-refractivity contribution in [2.75, 3.05) is 6.54 Å². The second-order valence-corrected chi connectivity index (χ2v) is 7.01. The average molecular weight is 313 g/mol. The third kappa shape index (κ3) is 3.13. The van der Waals surface area contributed by atoms with E-state index in [9.17, 15) is 14.3 Å². The Kier molecular flexibility index (Phi) is 5.01. The van der Waals surface area contributed by atoms with Crippen LogP contribution in [0.15, 0.2) is 18.2 Å². The van der Waals surface area contributed by atoms with E-state index in [2.05, 4.69) is 0 Å². The smallest absolute Gasteiger partial charge is 0.346 e. The van der Waals surface area contributed by atoms with Crippen molar-refractivity contribution < 1.29 is 14.3 Å². The standard InChI is InChI=1S/C14H16FNO2S2/c1-8(5-6-16)19-7-9-12-10(15)3-2-4-11(12)20-13(9)14(17)18/h2-4,8H,5-7,16H2,1H3,(H,17,18). The molecule has 0 amide bonds. The van der Waals surface area contributed by atoms with Crippen LogP contribution in [-0.2, 0) is 5.75 Å². The summed E-state index contributed by atoms with van der Waals surface area (Å²) >= 11 is 2.74. The van der Waals surface area contributed by atoms with Crippen molar-refractivity contribution in [1.29, 1.82) is 0 Å². The molecule has 2 aromatic rings. The summed E-state index contributed by atoms with van der Waals surface area (Å²) in [6, 6.07) is 4.74. The van der Waals surface area contributed by atoms with Gasteiger partial charge in [-0.2, -0.15) is 11.8 Å². The molecule has 0 aliphatic carbocycles. The Morgan fingerprint density at radius 2 is 2.30 bits per heavy atom. The maximum Gasteiger partial charge on any atom is 0.346 e. The summed E-state index contributed by atoms with van der Waals surface area (Å²) < 4.78 is 14.7. The second kappa shape index (κ2) is 6.56. The summed E-state index contributed by atoms with van der Waals surface area (Å²) in [7, 11) is 0. The Labute approximate surface area is 125 Å². The zero-order valence-corrected chi connectivity index (χ0v) is 12.7. The van der Waals surface area contributed by atoms with Crippen LogP contribution in [0, 0.1) is 5.82 Å². The van der Waals surface area contributed by atoms with Crippen LogP contribution in [0.1, 0.15) is 28.6 Å². The Morgan fingerprint density at radius 1 is 1.55 bits per heavy atom. The molecule has 1 aromatic heterocycles. The Hall–Kier alpha value is -1.11. The topological polar surface area (TPSA) is 63.3 Å². The number of nitrogens with two attached hydrogens (primary N) is 1. The molecule has 3 nitrogen and oxygen atoms in total. The highest BCUT2D eigenvalue weighted by atomic mass is 32.2. The SMILES string of the molecule is CC(CCN)SCc1c(C(=O)O)sc2cccc(F)c12. The van der Waals surface area contributed by atoms with Gasteiger partial charge in [0.15, 0.2) is 0 Å². The van der Waals surface area contributed by atoms with Gasteiger partial charge in [0.05, 0.1) is 0 Å². The first kappa shape index (κ1) is 15.3. The molecule has 0 aliphatic heterocycles. The molecule has 0 saturated carbocycles. The van der Waals surface area contributed by atoms with Gasteiger partial charge < -0.3 is 10.8 Å². The van der Waals surface area contributed by atoms with Crippen LogP contribution in [0.3, 0.4) is 0 Å². The molecule has 0 spiro atoms. The minimum atomic E-state index is -0.993. The molecule has 6 heteroatoms. The lowest BCUT2D eigenvalue weighted by Crippen LogP contribution is -2.07. The van der Waals surface area contributed by atoms with Crippen molar-refractivity contribution in [1.82, 2.24) is 0 Å². The molecule has 1 unspecified atom stereocenters. The number of hydrogen-bond acceptors (Lipinski definition) is 4. The number of rotatable bonds is 6. The van der Waals surface area contributed by atoms with Crippen molar-refractivity contribution in [3.05, 3.63) is 34.5 Å². The lowest BCUT2D eigenvalue weighted by atomic mass is 10.1. The van der Waals surface area contributed by atoms with E-state index < -0.39 is 5.97 Å². The largest absolute Gasteiger partial charge is 0.477 e. The monoisotopic (exact) mass is 313 g/mol. The molecule has 0 radical (unpaired) electrons. The molecular formula is C14H16FNO2S2. The predicted molar refractivity (Wildman–Crippen MR) is 83.2 cm³/mol. The molecule has 3 N–H and O–H groups in total. The van der Waals surface area contributed by atoms with Crippen LogP contribution in [0.2, 0.25) is 0 Å². The summed E-state index contributed by atoms with van der Waals surface area (Å²) in [6.07, 6.45) is 0.859. The minimum Gasteiger partial charge on any atom is -0.477 e. The fourth-order valence-corrected chi connectivity index (χ4v) is 4.23. The lowest BCUT2D eigenvalue weighted by Gasteiger charge is -2.10. The van der Waals surface area contributed by atoms with E-state index in [-0.39, 0.29) is 10.7 Å². The van der Waals surface area contributed by atoms with Gasteiger partial charge >= 0.3 is 5.97 Å². The van der Waals surface area contributed by atoms with Crippen molar-refractivity contribution in [3.63, 3.8) is 0 Å². The number of carboxylic acids is 1. The van der Waals surface area contributed by atoms with Gasteiger partial charge in [-0.15, -0.1) is 11.3 Å². The molecular weight excluding hydrogens is 297 g/mol. The molecule has 0 bridgehead atoms. The maximum absolute atomic E-state index is 14.0. The van der Waals surface area contributed by atoms with E-state index in [1.165, 1.54) is 6.07 Å². The van der Waals surface area contributed by atoms with Crippen LogP contribution < -0.4 is 5.73 Å². The third-order valence-corrected chi connectivity index (χ3v) is 5.49. The highest BCUT2D eigenvalue weighted by Crippen LogP contribution is 2.36. The number of carbonyl (C=O) groups is 1. The van der Waals surface area contributed by atoms with E-state index in [1.54, 1.807) is 23.9 Å². The number of thiophene rings is 1.